The smallest absolute Gasteiger partial charge is 0.196 e. The van der Waals surface area contributed by atoms with Crippen LogP contribution in [0.15, 0.2) is 48.5 Å². The van der Waals surface area contributed by atoms with Crippen LogP contribution in [0, 0.1) is 6.92 Å². The van der Waals surface area contributed by atoms with Crippen molar-refractivity contribution in [3.05, 3.63) is 76.5 Å². The van der Waals surface area contributed by atoms with Crippen LogP contribution in [0.3, 0.4) is 0 Å². The number of benzene rings is 2. The molecule has 3 nitrogen and oxygen atoms in total. The molecule has 3 heteroatoms. The third-order valence-electron chi connectivity index (χ3n) is 5.25. The maximum Gasteiger partial charge on any atom is 0.196 e. The molecule has 1 aromatic heterocycles. The summed E-state index contributed by atoms with van der Waals surface area (Å²) in [5.41, 5.74) is 6.73. The van der Waals surface area contributed by atoms with E-state index in [0.717, 1.165) is 11.1 Å². The fourth-order valence-electron chi connectivity index (χ4n) is 3.90. The fourth-order valence-corrected chi connectivity index (χ4v) is 3.90. The van der Waals surface area contributed by atoms with E-state index in [1.165, 1.54) is 12.5 Å². The highest BCUT2D eigenvalue weighted by Crippen LogP contribution is 2.43. The van der Waals surface area contributed by atoms with E-state index in [2.05, 4.69) is 31.0 Å². The van der Waals surface area contributed by atoms with Crippen molar-refractivity contribution >= 4 is 11.6 Å². The Morgan fingerprint density at radius 3 is 2.15 bits per heavy atom. The van der Waals surface area contributed by atoms with Crippen LogP contribution in [-0.4, -0.2) is 16.6 Å². The van der Waals surface area contributed by atoms with Crippen molar-refractivity contribution in [3.8, 4) is 22.4 Å². The van der Waals surface area contributed by atoms with Gasteiger partial charge in [-0.15, -0.1) is 0 Å². The Hall–Kier alpha value is -3.07. The van der Waals surface area contributed by atoms with Crippen molar-refractivity contribution in [1.82, 2.24) is 4.98 Å². The van der Waals surface area contributed by atoms with Crippen LogP contribution in [-0.2, 0) is 0 Å². The zero-order chi connectivity index (χ0) is 19.3. The van der Waals surface area contributed by atoms with Crippen LogP contribution in [0.5, 0.6) is 0 Å². The highest BCUT2D eigenvalue weighted by atomic mass is 16.1. The third kappa shape index (κ3) is 2.62. The summed E-state index contributed by atoms with van der Waals surface area (Å²) >= 11 is 0. The molecule has 0 amide bonds. The summed E-state index contributed by atoms with van der Waals surface area (Å²) in [4.78, 5) is 30.3. The Balaban J connectivity index is 2.05. The number of carbonyl (C=O) groups is 2. The lowest BCUT2D eigenvalue weighted by Gasteiger charge is -2.16. The normalized spacial score (nSPS) is 12.3. The van der Waals surface area contributed by atoms with E-state index >= 15 is 0 Å². The number of ketones is 2. The van der Waals surface area contributed by atoms with Crippen LogP contribution < -0.4 is 0 Å². The number of Topliss-reactive ketones (excluding diaryl/α,β-unsaturated/α-hetero) is 1. The Morgan fingerprint density at radius 2 is 1.56 bits per heavy atom. The number of pyridine rings is 1. The molecule has 0 aliphatic heterocycles. The Labute approximate surface area is 159 Å². The number of fused-ring (bicyclic) bond motifs is 3. The summed E-state index contributed by atoms with van der Waals surface area (Å²) in [5.74, 6) is 0.287. The Kier molecular flexibility index (Phi) is 4.03. The predicted molar refractivity (Wildman–Crippen MR) is 107 cm³/mol. The highest BCUT2D eigenvalue weighted by Gasteiger charge is 2.34. The molecule has 27 heavy (non-hydrogen) atoms. The van der Waals surface area contributed by atoms with Gasteiger partial charge in [-0.05, 0) is 30.9 Å². The van der Waals surface area contributed by atoms with Crippen molar-refractivity contribution in [2.24, 2.45) is 0 Å². The maximum absolute atomic E-state index is 13.2. The first-order valence-electron chi connectivity index (χ1n) is 9.20. The van der Waals surface area contributed by atoms with Crippen LogP contribution in [0.25, 0.3) is 22.4 Å². The number of aromatic nitrogens is 1. The predicted octanol–water partition coefficient (Wildman–Crippen LogP) is 5.59. The first-order chi connectivity index (χ1) is 12.9. The second-order valence-electron chi connectivity index (χ2n) is 7.38. The zero-order valence-electron chi connectivity index (χ0n) is 16.0. The first-order valence-corrected chi connectivity index (χ1v) is 9.20. The molecular formula is C24H21NO2. The maximum atomic E-state index is 13.2. The molecule has 3 aromatic rings. The summed E-state index contributed by atoms with van der Waals surface area (Å²) in [6.07, 6.45) is 0. The second-order valence-corrected chi connectivity index (χ2v) is 7.38. The van der Waals surface area contributed by atoms with E-state index in [4.69, 9.17) is 0 Å². The molecule has 0 fully saturated rings. The molecule has 1 aliphatic rings. The molecule has 0 N–H and O–H groups in total. The van der Waals surface area contributed by atoms with Gasteiger partial charge in [0, 0.05) is 27.9 Å². The van der Waals surface area contributed by atoms with Gasteiger partial charge in [0.1, 0.15) is 0 Å². The Morgan fingerprint density at radius 1 is 0.926 bits per heavy atom. The minimum atomic E-state index is -0.0745. The van der Waals surface area contributed by atoms with Gasteiger partial charge in [-0.1, -0.05) is 62.4 Å². The minimum absolute atomic E-state index is 0.0569. The molecule has 0 spiro atoms. The lowest BCUT2D eigenvalue weighted by Crippen LogP contribution is -2.09. The molecule has 0 saturated carbocycles. The lowest BCUT2D eigenvalue weighted by molar-refractivity contribution is 0.101. The van der Waals surface area contributed by atoms with Crippen LogP contribution in [0.2, 0.25) is 0 Å². The molecule has 0 bridgehead atoms. The number of rotatable bonds is 3. The van der Waals surface area contributed by atoms with Gasteiger partial charge in [-0.2, -0.15) is 0 Å². The van der Waals surface area contributed by atoms with E-state index < -0.39 is 0 Å². The average molecular weight is 355 g/mol. The van der Waals surface area contributed by atoms with E-state index in [9.17, 15) is 9.59 Å². The first kappa shape index (κ1) is 17.3. The molecule has 0 radical (unpaired) electrons. The van der Waals surface area contributed by atoms with Gasteiger partial charge in [0.15, 0.2) is 11.6 Å². The Bertz CT molecular complexity index is 1090. The third-order valence-corrected chi connectivity index (χ3v) is 5.25. The van der Waals surface area contributed by atoms with Crippen molar-refractivity contribution in [2.75, 3.05) is 0 Å². The average Bonchev–Trinajstić information content (AvgIpc) is 2.93. The SMILES string of the molecule is CC(=O)c1c(C)nc2c(c1-c1ccc(C(C)C)cc1)C(=O)c1ccccc1-2. The molecule has 0 unspecified atom stereocenters. The number of carbonyl (C=O) groups excluding carboxylic acids is 2. The summed E-state index contributed by atoms with van der Waals surface area (Å²) in [7, 11) is 0. The molecular weight excluding hydrogens is 334 g/mol. The monoisotopic (exact) mass is 355 g/mol. The second kappa shape index (κ2) is 6.27. The molecule has 0 atom stereocenters. The van der Waals surface area contributed by atoms with Gasteiger partial charge in [0.25, 0.3) is 0 Å². The van der Waals surface area contributed by atoms with E-state index in [1.54, 1.807) is 0 Å². The van der Waals surface area contributed by atoms with Crippen molar-refractivity contribution in [1.29, 1.82) is 0 Å². The van der Waals surface area contributed by atoms with Gasteiger partial charge in [-0.25, -0.2) is 0 Å². The minimum Gasteiger partial charge on any atom is -0.294 e. The van der Waals surface area contributed by atoms with Crippen molar-refractivity contribution in [3.63, 3.8) is 0 Å². The summed E-state index contributed by atoms with van der Waals surface area (Å²) in [6.45, 7) is 7.66. The number of hydrogen-bond donors (Lipinski definition) is 0. The molecule has 0 saturated heterocycles. The number of nitrogens with zero attached hydrogens (tertiary/aromatic N) is 1. The molecule has 4 rings (SSSR count). The standard InChI is InChI=1S/C24H21NO2/c1-13(2)16-9-11-17(12-10-16)21-20(15(4)26)14(3)25-23-18-7-5-6-8-19(18)24(27)22(21)23/h5-13H,1-4H3. The molecule has 2 aromatic carbocycles. The van der Waals surface area contributed by atoms with E-state index in [1.807, 2.05) is 43.3 Å². The van der Waals surface area contributed by atoms with Crippen molar-refractivity contribution in [2.45, 2.75) is 33.6 Å². The van der Waals surface area contributed by atoms with Gasteiger partial charge >= 0.3 is 0 Å². The van der Waals surface area contributed by atoms with Gasteiger partial charge in [-0.3, -0.25) is 14.6 Å². The van der Waals surface area contributed by atoms with Gasteiger partial charge in [0.2, 0.25) is 0 Å². The lowest BCUT2D eigenvalue weighted by atomic mass is 9.89. The highest BCUT2D eigenvalue weighted by molar-refractivity contribution is 6.25. The van der Waals surface area contributed by atoms with Gasteiger partial charge in [0.05, 0.1) is 11.3 Å². The van der Waals surface area contributed by atoms with Gasteiger partial charge < -0.3 is 0 Å². The largest absolute Gasteiger partial charge is 0.294 e. The number of hydrogen-bond acceptors (Lipinski definition) is 3. The molecule has 1 aliphatic carbocycles. The van der Waals surface area contributed by atoms with Crippen LogP contribution in [0.1, 0.15) is 64.2 Å². The van der Waals surface area contributed by atoms with E-state index in [0.29, 0.717) is 39.6 Å². The quantitative estimate of drug-likeness (QED) is 0.450. The van der Waals surface area contributed by atoms with Crippen molar-refractivity contribution < 1.29 is 9.59 Å². The van der Waals surface area contributed by atoms with E-state index in [-0.39, 0.29) is 11.6 Å². The zero-order valence-corrected chi connectivity index (χ0v) is 16.0. The summed E-state index contributed by atoms with van der Waals surface area (Å²) in [5, 5.41) is 0. The van der Waals surface area contributed by atoms with Crippen LogP contribution in [0.4, 0.5) is 0 Å². The summed E-state index contributed by atoms with van der Waals surface area (Å²) < 4.78 is 0. The van der Waals surface area contributed by atoms with Crippen LogP contribution >= 0.6 is 0 Å². The topological polar surface area (TPSA) is 47.0 Å². The summed E-state index contributed by atoms with van der Waals surface area (Å²) in [6, 6.07) is 15.7. The number of aryl methyl sites for hydroxylation is 1. The fraction of sp³-hybridized carbons (Fsp3) is 0.208. The molecule has 1 heterocycles. The molecule has 134 valence electrons.